The van der Waals surface area contributed by atoms with Crippen LogP contribution in [0.5, 0.6) is 0 Å². The Morgan fingerprint density at radius 1 is 1.23 bits per heavy atom. The van der Waals surface area contributed by atoms with Crippen molar-refractivity contribution >= 4 is 23.6 Å². The molecule has 0 aliphatic heterocycles. The highest BCUT2D eigenvalue weighted by atomic mass is 16.5. The number of benzene rings is 1. The maximum Gasteiger partial charge on any atom is 0.354 e. The van der Waals surface area contributed by atoms with E-state index in [-0.39, 0.29) is 16.9 Å². The second kappa shape index (κ2) is 7.92. The van der Waals surface area contributed by atoms with Gasteiger partial charge in [-0.3, -0.25) is 0 Å². The van der Waals surface area contributed by atoms with E-state index in [1.165, 1.54) is 23.4 Å². The van der Waals surface area contributed by atoms with E-state index in [1.54, 1.807) is 13.0 Å². The largest absolute Gasteiger partial charge is 0.478 e. The van der Waals surface area contributed by atoms with Gasteiger partial charge in [0.15, 0.2) is 0 Å². The van der Waals surface area contributed by atoms with Crippen molar-refractivity contribution in [3.8, 4) is 5.69 Å². The molecule has 10 nitrogen and oxygen atoms in total. The molecular formula is C16H16N4O6. The van der Waals surface area contributed by atoms with Crippen molar-refractivity contribution in [2.75, 3.05) is 19.5 Å². The molecule has 1 heterocycles. The number of carboxylic acid groups (broad SMARTS) is 1. The summed E-state index contributed by atoms with van der Waals surface area (Å²) in [6.07, 6.45) is 3.61. The van der Waals surface area contributed by atoms with Crippen LogP contribution in [0.2, 0.25) is 0 Å². The minimum Gasteiger partial charge on any atom is -0.478 e. The first-order valence-electron chi connectivity index (χ1n) is 7.25. The molecule has 136 valence electrons. The van der Waals surface area contributed by atoms with E-state index >= 15 is 0 Å². The van der Waals surface area contributed by atoms with Gasteiger partial charge in [0, 0.05) is 0 Å². The number of nitrogens with zero attached hydrogens (tertiary/aromatic N) is 3. The van der Waals surface area contributed by atoms with Gasteiger partial charge < -0.3 is 19.9 Å². The zero-order valence-corrected chi connectivity index (χ0v) is 14.2. The minimum absolute atomic E-state index is 0.127. The lowest BCUT2D eigenvalue weighted by Gasteiger charge is -2.16. The SMILES string of the molecule is COC(=O)/C=C(/Nc1c(C)cc(-n2cncn2)cc1C(=O)O)C(=O)OC. The summed E-state index contributed by atoms with van der Waals surface area (Å²) < 4.78 is 10.5. The average molecular weight is 360 g/mol. The summed E-state index contributed by atoms with van der Waals surface area (Å²) in [5.74, 6) is -2.89. The molecule has 0 radical (unpaired) electrons. The Balaban J connectivity index is 2.53. The van der Waals surface area contributed by atoms with Crippen molar-refractivity contribution in [2.45, 2.75) is 6.92 Å². The molecule has 0 amide bonds. The van der Waals surface area contributed by atoms with Crippen LogP contribution in [0, 0.1) is 6.92 Å². The third-order valence-electron chi connectivity index (χ3n) is 3.36. The van der Waals surface area contributed by atoms with Crippen LogP contribution in [0.15, 0.2) is 36.6 Å². The lowest BCUT2D eigenvalue weighted by molar-refractivity contribution is -0.138. The summed E-state index contributed by atoms with van der Waals surface area (Å²) in [4.78, 5) is 38.8. The highest BCUT2D eigenvalue weighted by Crippen LogP contribution is 2.26. The van der Waals surface area contributed by atoms with Gasteiger partial charge in [-0.15, -0.1) is 0 Å². The molecule has 10 heteroatoms. The molecule has 0 fully saturated rings. The molecule has 2 rings (SSSR count). The average Bonchev–Trinajstić information content (AvgIpc) is 3.15. The number of aromatic carboxylic acids is 1. The monoisotopic (exact) mass is 360 g/mol. The third kappa shape index (κ3) is 4.04. The van der Waals surface area contributed by atoms with Crippen LogP contribution in [0.1, 0.15) is 15.9 Å². The molecule has 1 aromatic carbocycles. The van der Waals surface area contributed by atoms with Gasteiger partial charge in [-0.2, -0.15) is 5.10 Å². The number of carbonyl (C=O) groups excluding carboxylic acids is 2. The number of esters is 2. The van der Waals surface area contributed by atoms with Gasteiger partial charge in [0.2, 0.25) is 0 Å². The fourth-order valence-corrected chi connectivity index (χ4v) is 2.14. The maximum atomic E-state index is 11.9. The van der Waals surface area contributed by atoms with Crippen molar-refractivity contribution in [3.63, 3.8) is 0 Å². The van der Waals surface area contributed by atoms with Crippen molar-refractivity contribution in [1.29, 1.82) is 0 Å². The molecule has 0 aliphatic rings. The van der Waals surface area contributed by atoms with E-state index in [4.69, 9.17) is 0 Å². The summed E-state index contributed by atoms with van der Waals surface area (Å²) in [6, 6.07) is 3.01. The predicted octanol–water partition coefficient (Wildman–Crippen LogP) is 0.916. The molecule has 1 aromatic heterocycles. The molecule has 0 bridgehead atoms. The summed E-state index contributed by atoms with van der Waals surface area (Å²) in [5, 5.41) is 16.1. The van der Waals surface area contributed by atoms with Crippen LogP contribution < -0.4 is 5.32 Å². The predicted molar refractivity (Wildman–Crippen MR) is 88.8 cm³/mol. The number of hydrogen-bond donors (Lipinski definition) is 2. The molecule has 0 saturated carbocycles. The van der Waals surface area contributed by atoms with Crippen molar-refractivity contribution in [3.05, 3.63) is 47.7 Å². The van der Waals surface area contributed by atoms with Crippen molar-refractivity contribution in [1.82, 2.24) is 14.8 Å². The highest BCUT2D eigenvalue weighted by Gasteiger charge is 2.20. The van der Waals surface area contributed by atoms with E-state index in [1.807, 2.05) is 0 Å². The number of hydrogen-bond acceptors (Lipinski definition) is 8. The molecule has 2 aromatic rings. The van der Waals surface area contributed by atoms with Crippen LogP contribution in [0.4, 0.5) is 5.69 Å². The van der Waals surface area contributed by atoms with Crippen LogP contribution >= 0.6 is 0 Å². The second-order valence-electron chi connectivity index (χ2n) is 5.03. The molecule has 0 atom stereocenters. The van der Waals surface area contributed by atoms with Crippen molar-refractivity contribution in [2.24, 2.45) is 0 Å². The fourth-order valence-electron chi connectivity index (χ4n) is 2.14. The number of methoxy groups -OCH3 is 2. The van der Waals surface area contributed by atoms with Crippen LogP contribution in [0.3, 0.4) is 0 Å². The molecule has 0 aliphatic carbocycles. The normalized spacial score (nSPS) is 11.0. The topological polar surface area (TPSA) is 133 Å². The Labute approximate surface area is 148 Å². The first-order chi connectivity index (χ1) is 12.4. The van der Waals surface area contributed by atoms with Gasteiger partial charge >= 0.3 is 17.9 Å². The molecule has 0 unspecified atom stereocenters. The molecular weight excluding hydrogens is 344 g/mol. The Hall–Kier alpha value is -3.69. The van der Waals surface area contributed by atoms with Crippen molar-refractivity contribution < 1.29 is 29.0 Å². The lowest BCUT2D eigenvalue weighted by Crippen LogP contribution is -2.18. The Bertz CT molecular complexity index is 873. The first-order valence-corrected chi connectivity index (χ1v) is 7.25. The number of aryl methyl sites for hydroxylation is 1. The fraction of sp³-hybridized carbons (Fsp3) is 0.188. The Morgan fingerprint density at radius 2 is 1.96 bits per heavy atom. The van der Waals surface area contributed by atoms with Gasteiger partial charge in [0.25, 0.3) is 0 Å². The first kappa shape index (κ1) is 18.6. The van der Waals surface area contributed by atoms with Crippen LogP contribution in [0.25, 0.3) is 5.69 Å². The highest BCUT2D eigenvalue weighted by molar-refractivity contribution is 6.02. The van der Waals surface area contributed by atoms with Gasteiger partial charge in [-0.05, 0) is 24.6 Å². The number of carbonyl (C=O) groups is 3. The van der Waals surface area contributed by atoms with Gasteiger partial charge in [0.05, 0.1) is 37.2 Å². The second-order valence-corrected chi connectivity index (χ2v) is 5.03. The molecule has 0 spiro atoms. The van der Waals surface area contributed by atoms with E-state index < -0.39 is 17.9 Å². The smallest absolute Gasteiger partial charge is 0.354 e. The third-order valence-corrected chi connectivity index (χ3v) is 3.36. The number of ether oxygens (including phenoxy) is 2. The van der Waals surface area contributed by atoms with Crippen LogP contribution in [-0.4, -0.2) is 52.0 Å². The van der Waals surface area contributed by atoms with E-state index in [0.29, 0.717) is 11.3 Å². The van der Waals surface area contributed by atoms with E-state index in [2.05, 4.69) is 24.9 Å². The zero-order valence-electron chi connectivity index (χ0n) is 14.2. The van der Waals surface area contributed by atoms with Gasteiger partial charge in [0.1, 0.15) is 18.4 Å². The number of nitrogens with one attached hydrogen (secondary N) is 1. The quantitative estimate of drug-likeness (QED) is 0.569. The van der Waals surface area contributed by atoms with E-state index in [0.717, 1.165) is 20.3 Å². The molecule has 2 N–H and O–H groups in total. The summed E-state index contributed by atoms with van der Waals surface area (Å²) >= 11 is 0. The Morgan fingerprint density at radius 3 is 2.50 bits per heavy atom. The molecule has 26 heavy (non-hydrogen) atoms. The summed E-state index contributed by atoms with van der Waals surface area (Å²) in [6.45, 7) is 1.64. The lowest BCUT2D eigenvalue weighted by atomic mass is 10.1. The summed E-state index contributed by atoms with van der Waals surface area (Å²) in [7, 11) is 2.28. The number of aromatic nitrogens is 3. The number of carboxylic acids is 1. The number of rotatable bonds is 6. The molecule has 0 saturated heterocycles. The summed E-state index contributed by atoms with van der Waals surface area (Å²) in [5.41, 5.74) is 0.699. The Kier molecular flexibility index (Phi) is 5.68. The minimum atomic E-state index is -1.24. The van der Waals surface area contributed by atoms with Gasteiger partial charge in [-0.1, -0.05) is 0 Å². The standard InChI is InChI=1S/C16H16N4O6/c1-9-4-10(20-8-17-7-18-20)5-11(15(22)23)14(9)19-12(16(24)26-3)6-13(21)25-2/h4-8,19H,1-3H3,(H,22,23)/b12-6+. The zero-order chi connectivity index (χ0) is 19.3. The van der Waals surface area contributed by atoms with E-state index in [9.17, 15) is 19.5 Å². The van der Waals surface area contributed by atoms with Gasteiger partial charge in [-0.25, -0.2) is 24.0 Å². The number of anilines is 1. The van der Waals surface area contributed by atoms with Crippen LogP contribution in [-0.2, 0) is 19.1 Å². The maximum absolute atomic E-state index is 11.9.